The molecule has 15 heavy (non-hydrogen) atoms. The molecule has 2 N–H and O–H groups in total. The van der Waals surface area contributed by atoms with E-state index in [2.05, 4.69) is 41.0 Å². The van der Waals surface area contributed by atoms with Crippen LogP contribution in [-0.2, 0) is 0 Å². The maximum Gasteiger partial charge on any atom is 0.0342 e. The summed E-state index contributed by atoms with van der Waals surface area (Å²) in [4.78, 5) is 0. The standard InChI is InChI=1S/C13H18N2/c1-2-4-10(5-3-1)14-13-8-11-6-7-12(9-13)15-11/h1-5,11-15H,6-9H2. The van der Waals surface area contributed by atoms with Gasteiger partial charge in [-0.1, -0.05) is 18.2 Å². The SMILES string of the molecule is c1ccc(NC2CC3CCC(C2)N3)cc1. The van der Waals surface area contributed by atoms with E-state index in [1.807, 2.05) is 0 Å². The molecule has 2 bridgehead atoms. The molecule has 0 aliphatic carbocycles. The maximum absolute atomic E-state index is 3.67. The number of nitrogens with one attached hydrogen (secondary N) is 2. The van der Waals surface area contributed by atoms with Gasteiger partial charge in [-0.2, -0.15) is 0 Å². The first-order valence-electron chi connectivity index (χ1n) is 5.98. The molecule has 2 aliphatic rings. The van der Waals surface area contributed by atoms with Gasteiger partial charge < -0.3 is 10.6 Å². The van der Waals surface area contributed by atoms with Gasteiger partial charge in [0.25, 0.3) is 0 Å². The van der Waals surface area contributed by atoms with Crippen molar-refractivity contribution in [1.29, 1.82) is 0 Å². The average Bonchev–Trinajstić information content (AvgIpc) is 2.60. The van der Waals surface area contributed by atoms with Crippen LogP contribution in [0.5, 0.6) is 0 Å². The van der Waals surface area contributed by atoms with E-state index in [-0.39, 0.29) is 0 Å². The summed E-state index contributed by atoms with van der Waals surface area (Å²) in [6.45, 7) is 0. The lowest BCUT2D eigenvalue weighted by molar-refractivity contribution is 0.378. The fourth-order valence-corrected chi connectivity index (χ4v) is 2.95. The first-order chi connectivity index (χ1) is 7.40. The fraction of sp³-hybridized carbons (Fsp3) is 0.538. The summed E-state index contributed by atoms with van der Waals surface area (Å²) in [5.74, 6) is 0. The number of anilines is 1. The highest BCUT2D eigenvalue weighted by molar-refractivity contribution is 5.43. The Labute approximate surface area is 91.1 Å². The van der Waals surface area contributed by atoms with Gasteiger partial charge in [-0.15, -0.1) is 0 Å². The minimum atomic E-state index is 0.672. The van der Waals surface area contributed by atoms with Gasteiger partial charge in [-0.25, -0.2) is 0 Å². The van der Waals surface area contributed by atoms with Crippen molar-refractivity contribution >= 4 is 5.69 Å². The number of para-hydroxylation sites is 1. The molecule has 0 radical (unpaired) electrons. The lowest BCUT2D eigenvalue weighted by Crippen LogP contribution is -2.43. The van der Waals surface area contributed by atoms with Gasteiger partial charge in [0.1, 0.15) is 0 Å². The second-order valence-electron chi connectivity index (χ2n) is 4.82. The van der Waals surface area contributed by atoms with Crippen LogP contribution < -0.4 is 10.6 Å². The van der Waals surface area contributed by atoms with E-state index in [9.17, 15) is 0 Å². The molecule has 2 heteroatoms. The van der Waals surface area contributed by atoms with E-state index in [1.165, 1.54) is 31.4 Å². The summed E-state index contributed by atoms with van der Waals surface area (Å²) in [6, 6.07) is 12.8. The van der Waals surface area contributed by atoms with Gasteiger partial charge in [0.2, 0.25) is 0 Å². The Hall–Kier alpha value is -1.02. The summed E-state index contributed by atoms with van der Waals surface area (Å²) < 4.78 is 0. The highest BCUT2D eigenvalue weighted by Gasteiger charge is 2.33. The molecule has 2 heterocycles. The number of hydrogen-bond acceptors (Lipinski definition) is 2. The van der Waals surface area contributed by atoms with Crippen molar-refractivity contribution in [1.82, 2.24) is 5.32 Å². The fourth-order valence-electron chi connectivity index (χ4n) is 2.95. The maximum atomic E-state index is 3.67. The highest BCUT2D eigenvalue weighted by Crippen LogP contribution is 2.28. The van der Waals surface area contributed by atoms with Crippen molar-refractivity contribution in [2.45, 2.75) is 43.8 Å². The predicted molar refractivity (Wildman–Crippen MR) is 63.0 cm³/mol. The van der Waals surface area contributed by atoms with E-state index in [0.29, 0.717) is 6.04 Å². The molecule has 2 atom stereocenters. The van der Waals surface area contributed by atoms with Gasteiger partial charge >= 0.3 is 0 Å². The molecule has 2 saturated heterocycles. The van der Waals surface area contributed by atoms with Crippen LogP contribution in [-0.4, -0.2) is 18.1 Å². The van der Waals surface area contributed by atoms with Crippen molar-refractivity contribution in [2.75, 3.05) is 5.32 Å². The van der Waals surface area contributed by atoms with E-state index in [1.54, 1.807) is 0 Å². The Morgan fingerprint density at radius 2 is 1.67 bits per heavy atom. The first-order valence-corrected chi connectivity index (χ1v) is 5.98. The highest BCUT2D eigenvalue weighted by atomic mass is 15.0. The lowest BCUT2D eigenvalue weighted by Gasteiger charge is -2.30. The van der Waals surface area contributed by atoms with E-state index >= 15 is 0 Å². The second-order valence-corrected chi connectivity index (χ2v) is 4.82. The van der Waals surface area contributed by atoms with E-state index < -0.39 is 0 Å². The molecule has 80 valence electrons. The number of hydrogen-bond donors (Lipinski definition) is 2. The summed E-state index contributed by atoms with van der Waals surface area (Å²) >= 11 is 0. The average molecular weight is 202 g/mol. The Morgan fingerprint density at radius 1 is 1.00 bits per heavy atom. The molecule has 1 aromatic carbocycles. The third kappa shape index (κ3) is 2.00. The summed E-state index contributed by atoms with van der Waals surface area (Å²) in [6.07, 6.45) is 5.31. The second kappa shape index (κ2) is 3.86. The van der Waals surface area contributed by atoms with Crippen molar-refractivity contribution in [3.05, 3.63) is 30.3 Å². The van der Waals surface area contributed by atoms with Crippen LogP contribution in [0.2, 0.25) is 0 Å². The van der Waals surface area contributed by atoms with Gasteiger partial charge in [0, 0.05) is 23.8 Å². The third-order valence-electron chi connectivity index (χ3n) is 3.62. The summed E-state index contributed by atoms with van der Waals surface area (Å²) in [7, 11) is 0. The predicted octanol–water partition coefficient (Wildman–Crippen LogP) is 2.38. The molecule has 3 rings (SSSR count). The van der Waals surface area contributed by atoms with Crippen LogP contribution in [0.3, 0.4) is 0 Å². The van der Waals surface area contributed by atoms with Crippen LogP contribution >= 0.6 is 0 Å². The van der Waals surface area contributed by atoms with Crippen molar-refractivity contribution in [3.8, 4) is 0 Å². The zero-order valence-corrected chi connectivity index (χ0v) is 8.95. The first kappa shape index (κ1) is 9.22. The van der Waals surface area contributed by atoms with Gasteiger partial charge in [-0.05, 0) is 37.8 Å². The topological polar surface area (TPSA) is 24.1 Å². The smallest absolute Gasteiger partial charge is 0.0342 e. The molecule has 0 amide bonds. The Morgan fingerprint density at radius 3 is 2.33 bits per heavy atom. The Bertz CT molecular complexity index is 311. The van der Waals surface area contributed by atoms with E-state index in [0.717, 1.165) is 12.1 Å². The monoisotopic (exact) mass is 202 g/mol. The van der Waals surface area contributed by atoms with Crippen LogP contribution in [0.4, 0.5) is 5.69 Å². The lowest BCUT2D eigenvalue weighted by atomic mass is 9.99. The summed E-state index contributed by atoms with van der Waals surface area (Å²) in [5.41, 5.74) is 1.27. The molecule has 2 nitrogen and oxygen atoms in total. The van der Waals surface area contributed by atoms with Crippen molar-refractivity contribution in [3.63, 3.8) is 0 Å². The third-order valence-corrected chi connectivity index (χ3v) is 3.62. The molecule has 0 aromatic heterocycles. The van der Waals surface area contributed by atoms with Crippen molar-refractivity contribution < 1.29 is 0 Å². The van der Waals surface area contributed by atoms with Gasteiger partial charge in [-0.3, -0.25) is 0 Å². The summed E-state index contributed by atoms with van der Waals surface area (Å²) in [5, 5.41) is 7.31. The number of benzene rings is 1. The molecular weight excluding hydrogens is 184 g/mol. The Balaban J connectivity index is 1.65. The molecular formula is C13H18N2. The van der Waals surface area contributed by atoms with Gasteiger partial charge in [0.05, 0.1) is 0 Å². The van der Waals surface area contributed by atoms with Crippen LogP contribution in [0.15, 0.2) is 30.3 Å². The Kier molecular flexibility index (Phi) is 2.37. The number of rotatable bonds is 2. The number of piperidine rings is 1. The van der Waals surface area contributed by atoms with E-state index in [4.69, 9.17) is 0 Å². The molecule has 2 unspecified atom stereocenters. The zero-order chi connectivity index (χ0) is 10.1. The molecule has 2 aliphatic heterocycles. The normalized spacial score (nSPS) is 34.0. The van der Waals surface area contributed by atoms with Crippen LogP contribution in [0.1, 0.15) is 25.7 Å². The zero-order valence-electron chi connectivity index (χ0n) is 8.95. The number of fused-ring (bicyclic) bond motifs is 2. The van der Waals surface area contributed by atoms with Crippen molar-refractivity contribution in [2.24, 2.45) is 0 Å². The quantitative estimate of drug-likeness (QED) is 0.769. The van der Waals surface area contributed by atoms with Crippen LogP contribution in [0, 0.1) is 0 Å². The van der Waals surface area contributed by atoms with Crippen LogP contribution in [0.25, 0.3) is 0 Å². The minimum absolute atomic E-state index is 0.672. The molecule has 1 aromatic rings. The molecule has 2 fully saturated rings. The molecule has 0 spiro atoms. The minimum Gasteiger partial charge on any atom is -0.382 e. The van der Waals surface area contributed by atoms with Gasteiger partial charge in [0.15, 0.2) is 0 Å². The molecule has 0 saturated carbocycles. The largest absolute Gasteiger partial charge is 0.382 e.